The molecule has 0 saturated heterocycles. The summed E-state index contributed by atoms with van der Waals surface area (Å²) in [4.78, 5) is 22.8. The first-order chi connectivity index (χ1) is 7.17. The number of nitrogens with one attached hydrogen (secondary N) is 1. The Hall–Kier alpha value is -1.10. The summed E-state index contributed by atoms with van der Waals surface area (Å²) in [6.45, 7) is 6.41. The molecule has 0 radical (unpaired) electrons. The van der Waals surface area contributed by atoms with Crippen LogP contribution in [-0.4, -0.2) is 37.7 Å². The summed E-state index contributed by atoms with van der Waals surface area (Å²) in [7, 11) is 0. The molecular formula is C10H19NO4. The fraction of sp³-hybridized carbons (Fsp3) is 0.800. The molecule has 0 spiro atoms. The average Bonchev–Trinajstić information content (AvgIpc) is 2.19. The zero-order valence-corrected chi connectivity index (χ0v) is 9.54. The van der Waals surface area contributed by atoms with Gasteiger partial charge >= 0.3 is 11.9 Å². The Morgan fingerprint density at radius 2 is 1.53 bits per heavy atom. The lowest BCUT2D eigenvalue weighted by atomic mass is 10.3. The smallest absolute Gasteiger partial charge is 0.334 e. The summed E-state index contributed by atoms with van der Waals surface area (Å²) in [6, 6.07) is -0.996. The molecule has 0 heterocycles. The quantitative estimate of drug-likeness (QED) is 0.496. The lowest BCUT2D eigenvalue weighted by Crippen LogP contribution is -2.45. The van der Waals surface area contributed by atoms with Crippen molar-refractivity contribution in [2.24, 2.45) is 0 Å². The average molecular weight is 217 g/mol. The summed E-state index contributed by atoms with van der Waals surface area (Å²) >= 11 is 0. The molecule has 0 atom stereocenters. The molecule has 15 heavy (non-hydrogen) atoms. The van der Waals surface area contributed by atoms with Crippen molar-refractivity contribution in [1.29, 1.82) is 0 Å². The predicted molar refractivity (Wildman–Crippen MR) is 55.3 cm³/mol. The molecule has 0 bridgehead atoms. The van der Waals surface area contributed by atoms with Crippen molar-refractivity contribution in [2.75, 3.05) is 19.8 Å². The minimum absolute atomic E-state index is 0.253. The summed E-state index contributed by atoms with van der Waals surface area (Å²) in [5.41, 5.74) is 0. The number of carbonyl (C=O) groups excluding carboxylic acids is 2. The Morgan fingerprint density at radius 1 is 1.07 bits per heavy atom. The van der Waals surface area contributed by atoms with Gasteiger partial charge in [-0.25, -0.2) is 9.59 Å². The first kappa shape index (κ1) is 13.9. The number of hydrogen-bond donors (Lipinski definition) is 1. The van der Waals surface area contributed by atoms with E-state index in [4.69, 9.17) is 9.47 Å². The molecule has 0 aromatic carbocycles. The normalized spacial score (nSPS) is 10.1. The van der Waals surface area contributed by atoms with Crippen LogP contribution in [0.5, 0.6) is 0 Å². The molecule has 88 valence electrons. The van der Waals surface area contributed by atoms with Crippen LogP contribution in [0.1, 0.15) is 27.2 Å². The molecular weight excluding hydrogens is 198 g/mol. The van der Waals surface area contributed by atoms with Gasteiger partial charge in [-0.2, -0.15) is 0 Å². The molecule has 5 heteroatoms. The SMILES string of the molecule is CCCNC(C(=O)OCC)C(=O)OCC. The van der Waals surface area contributed by atoms with E-state index in [0.717, 1.165) is 6.42 Å². The van der Waals surface area contributed by atoms with Crippen molar-refractivity contribution in [3.8, 4) is 0 Å². The van der Waals surface area contributed by atoms with Gasteiger partial charge in [0.15, 0.2) is 0 Å². The monoisotopic (exact) mass is 217 g/mol. The Labute approximate surface area is 90.1 Å². The number of rotatable bonds is 7. The van der Waals surface area contributed by atoms with Crippen LogP contribution in [-0.2, 0) is 19.1 Å². The van der Waals surface area contributed by atoms with E-state index in [1.165, 1.54) is 0 Å². The molecule has 0 aliphatic carbocycles. The van der Waals surface area contributed by atoms with Gasteiger partial charge in [0.1, 0.15) is 0 Å². The lowest BCUT2D eigenvalue weighted by molar-refractivity contribution is -0.157. The standard InChI is InChI=1S/C10H19NO4/c1-4-7-11-8(9(12)14-5-2)10(13)15-6-3/h8,11H,4-7H2,1-3H3. The molecule has 0 aromatic rings. The van der Waals surface area contributed by atoms with Gasteiger partial charge in [-0.1, -0.05) is 6.92 Å². The van der Waals surface area contributed by atoms with Gasteiger partial charge in [-0.05, 0) is 26.8 Å². The van der Waals surface area contributed by atoms with E-state index in [9.17, 15) is 9.59 Å². The Balaban J connectivity index is 4.28. The van der Waals surface area contributed by atoms with E-state index >= 15 is 0 Å². The third kappa shape index (κ3) is 5.37. The fourth-order valence-electron chi connectivity index (χ4n) is 1.00. The highest BCUT2D eigenvalue weighted by Crippen LogP contribution is 1.94. The third-order valence-corrected chi connectivity index (χ3v) is 1.64. The Morgan fingerprint density at radius 3 is 1.87 bits per heavy atom. The second kappa shape index (κ2) is 8.23. The van der Waals surface area contributed by atoms with Crippen molar-refractivity contribution in [3.05, 3.63) is 0 Å². The van der Waals surface area contributed by atoms with Crippen LogP contribution < -0.4 is 5.32 Å². The Kier molecular flexibility index (Phi) is 7.62. The highest BCUT2D eigenvalue weighted by Gasteiger charge is 2.28. The van der Waals surface area contributed by atoms with Gasteiger partial charge in [0.05, 0.1) is 13.2 Å². The molecule has 5 nitrogen and oxygen atoms in total. The minimum atomic E-state index is -0.996. The van der Waals surface area contributed by atoms with Gasteiger partial charge in [0.2, 0.25) is 6.04 Å². The summed E-state index contributed by atoms with van der Waals surface area (Å²) in [5.74, 6) is -1.16. The lowest BCUT2D eigenvalue weighted by Gasteiger charge is -2.15. The summed E-state index contributed by atoms with van der Waals surface area (Å²) < 4.78 is 9.53. The Bertz CT molecular complexity index is 188. The zero-order chi connectivity index (χ0) is 11.7. The van der Waals surface area contributed by atoms with Gasteiger partial charge in [-0.3, -0.25) is 5.32 Å². The molecule has 0 amide bonds. The van der Waals surface area contributed by atoms with Crippen molar-refractivity contribution >= 4 is 11.9 Å². The van der Waals surface area contributed by atoms with Crippen LogP contribution in [0.3, 0.4) is 0 Å². The van der Waals surface area contributed by atoms with E-state index in [1.54, 1.807) is 13.8 Å². The van der Waals surface area contributed by atoms with Crippen LogP contribution >= 0.6 is 0 Å². The van der Waals surface area contributed by atoms with Gasteiger partial charge < -0.3 is 9.47 Å². The first-order valence-electron chi connectivity index (χ1n) is 5.23. The number of carbonyl (C=O) groups is 2. The minimum Gasteiger partial charge on any atom is -0.464 e. The molecule has 0 saturated carbocycles. The maximum absolute atomic E-state index is 11.4. The van der Waals surface area contributed by atoms with E-state index in [0.29, 0.717) is 6.54 Å². The zero-order valence-electron chi connectivity index (χ0n) is 9.54. The van der Waals surface area contributed by atoms with Crippen molar-refractivity contribution < 1.29 is 19.1 Å². The molecule has 0 aromatic heterocycles. The van der Waals surface area contributed by atoms with Gasteiger partial charge in [0, 0.05) is 0 Å². The molecule has 0 fully saturated rings. The number of esters is 2. The van der Waals surface area contributed by atoms with Gasteiger partial charge in [-0.15, -0.1) is 0 Å². The topological polar surface area (TPSA) is 64.6 Å². The summed E-state index contributed by atoms with van der Waals surface area (Å²) in [6.07, 6.45) is 0.829. The number of hydrogen-bond acceptors (Lipinski definition) is 5. The van der Waals surface area contributed by atoms with E-state index in [1.807, 2.05) is 6.92 Å². The van der Waals surface area contributed by atoms with Crippen LogP contribution in [0.25, 0.3) is 0 Å². The summed E-state index contributed by atoms with van der Waals surface area (Å²) in [5, 5.41) is 2.79. The second-order valence-electron chi connectivity index (χ2n) is 2.89. The predicted octanol–water partition coefficient (Wildman–Crippen LogP) is 0.481. The highest BCUT2D eigenvalue weighted by atomic mass is 16.6. The largest absolute Gasteiger partial charge is 0.464 e. The third-order valence-electron chi connectivity index (χ3n) is 1.64. The first-order valence-corrected chi connectivity index (χ1v) is 5.23. The van der Waals surface area contributed by atoms with Crippen LogP contribution in [0.2, 0.25) is 0 Å². The van der Waals surface area contributed by atoms with Crippen LogP contribution in [0.15, 0.2) is 0 Å². The van der Waals surface area contributed by atoms with Crippen LogP contribution in [0, 0.1) is 0 Å². The second-order valence-corrected chi connectivity index (χ2v) is 2.89. The fourth-order valence-corrected chi connectivity index (χ4v) is 1.00. The highest BCUT2D eigenvalue weighted by molar-refractivity contribution is 5.99. The molecule has 0 aliphatic heterocycles. The van der Waals surface area contributed by atoms with Crippen molar-refractivity contribution in [1.82, 2.24) is 5.32 Å². The molecule has 0 rings (SSSR count). The van der Waals surface area contributed by atoms with E-state index < -0.39 is 18.0 Å². The molecule has 0 unspecified atom stereocenters. The molecule has 1 N–H and O–H groups in total. The molecule has 0 aliphatic rings. The van der Waals surface area contributed by atoms with E-state index in [2.05, 4.69) is 5.32 Å². The van der Waals surface area contributed by atoms with Crippen molar-refractivity contribution in [2.45, 2.75) is 33.2 Å². The van der Waals surface area contributed by atoms with Gasteiger partial charge in [0.25, 0.3) is 0 Å². The van der Waals surface area contributed by atoms with Crippen LogP contribution in [0.4, 0.5) is 0 Å². The van der Waals surface area contributed by atoms with Crippen molar-refractivity contribution in [3.63, 3.8) is 0 Å². The maximum Gasteiger partial charge on any atom is 0.334 e. The van der Waals surface area contributed by atoms with E-state index in [-0.39, 0.29) is 13.2 Å². The maximum atomic E-state index is 11.4. The number of ether oxygens (including phenoxy) is 2.